The van der Waals surface area contributed by atoms with Crippen molar-refractivity contribution < 1.29 is 9.59 Å². The first-order chi connectivity index (χ1) is 8.23. The molecule has 3 N–H and O–H groups in total. The maximum atomic E-state index is 12.4. The van der Waals surface area contributed by atoms with Gasteiger partial charge in [0, 0.05) is 13.1 Å². The molecule has 0 aromatic rings. The molecule has 0 saturated carbocycles. The molecule has 5 heteroatoms. The number of nitrogens with two attached hydrogens (primary N) is 1. The van der Waals surface area contributed by atoms with Crippen molar-refractivity contribution in [2.24, 2.45) is 11.1 Å². The van der Waals surface area contributed by atoms with Gasteiger partial charge in [-0.15, -0.1) is 0 Å². The van der Waals surface area contributed by atoms with Crippen LogP contribution in [0.15, 0.2) is 0 Å². The third-order valence-corrected chi connectivity index (χ3v) is 3.23. The summed E-state index contributed by atoms with van der Waals surface area (Å²) in [6.45, 7) is 9.06. The summed E-state index contributed by atoms with van der Waals surface area (Å²) in [6.07, 6.45) is 2.09. The minimum absolute atomic E-state index is 0.00833. The molecule has 0 aliphatic carbocycles. The highest BCUT2D eigenvalue weighted by atomic mass is 16.2. The predicted molar refractivity (Wildman–Crippen MR) is 70.8 cm³/mol. The third kappa shape index (κ3) is 3.70. The van der Waals surface area contributed by atoms with Gasteiger partial charge in [-0.3, -0.25) is 9.59 Å². The average Bonchev–Trinajstić information content (AvgIpc) is 2.75. The van der Waals surface area contributed by atoms with Crippen LogP contribution in [0.5, 0.6) is 0 Å². The summed E-state index contributed by atoms with van der Waals surface area (Å²) in [7, 11) is 0. The number of hydrogen-bond donors (Lipinski definition) is 2. The van der Waals surface area contributed by atoms with E-state index in [9.17, 15) is 9.59 Å². The van der Waals surface area contributed by atoms with Crippen LogP contribution in [0.2, 0.25) is 0 Å². The van der Waals surface area contributed by atoms with E-state index in [1.807, 2.05) is 25.7 Å². The summed E-state index contributed by atoms with van der Waals surface area (Å²) in [5.74, 6) is -0.267. The number of amides is 2. The molecule has 1 saturated heterocycles. The van der Waals surface area contributed by atoms with Gasteiger partial charge in [0.15, 0.2) is 0 Å². The molecule has 2 atom stereocenters. The fourth-order valence-electron chi connectivity index (χ4n) is 2.04. The Balaban J connectivity index is 2.78. The first kappa shape index (κ1) is 15.0. The maximum absolute atomic E-state index is 12.4. The molecular formula is C13H25N3O2. The van der Waals surface area contributed by atoms with Gasteiger partial charge in [-0.05, 0) is 25.2 Å². The molecule has 0 aromatic heterocycles. The molecule has 2 amide bonds. The van der Waals surface area contributed by atoms with E-state index in [0.717, 1.165) is 25.9 Å². The van der Waals surface area contributed by atoms with Gasteiger partial charge in [-0.1, -0.05) is 20.8 Å². The first-order valence-corrected chi connectivity index (χ1v) is 6.58. The molecular weight excluding hydrogens is 230 g/mol. The molecule has 5 nitrogen and oxygen atoms in total. The molecule has 1 aliphatic rings. The molecule has 1 rings (SSSR count). The lowest BCUT2D eigenvalue weighted by molar-refractivity contribution is -0.138. The van der Waals surface area contributed by atoms with Crippen molar-refractivity contribution in [2.45, 2.75) is 52.6 Å². The second-order valence-corrected chi connectivity index (χ2v) is 6.13. The van der Waals surface area contributed by atoms with Gasteiger partial charge < -0.3 is 16.0 Å². The largest absolute Gasteiger partial charge is 0.342 e. The molecule has 0 radical (unpaired) electrons. The molecule has 18 heavy (non-hydrogen) atoms. The third-order valence-electron chi connectivity index (χ3n) is 3.23. The van der Waals surface area contributed by atoms with E-state index in [-0.39, 0.29) is 17.2 Å². The lowest BCUT2D eigenvalue weighted by Crippen LogP contribution is -2.56. The van der Waals surface area contributed by atoms with E-state index >= 15 is 0 Å². The summed E-state index contributed by atoms with van der Waals surface area (Å²) >= 11 is 0. The van der Waals surface area contributed by atoms with Gasteiger partial charge in [-0.25, -0.2) is 0 Å². The highest BCUT2D eigenvalue weighted by Gasteiger charge is 2.36. The lowest BCUT2D eigenvalue weighted by Gasteiger charge is -2.33. The smallest absolute Gasteiger partial charge is 0.245 e. The predicted octanol–water partition coefficient (Wildman–Crippen LogP) is 0.487. The van der Waals surface area contributed by atoms with Crippen LogP contribution >= 0.6 is 0 Å². The Kier molecular flexibility index (Phi) is 4.73. The van der Waals surface area contributed by atoms with Gasteiger partial charge in [0.05, 0.1) is 6.04 Å². The van der Waals surface area contributed by atoms with Crippen LogP contribution in [0.3, 0.4) is 0 Å². The summed E-state index contributed by atoms with van der Waals surface area (Å²) in [5.41, 5.74) is 5.23. The Morgan fingerprint density at radius 3 is 2.11 bits per heavy atom. The van der Waals surface area contributed by atoms with Crippen LogP contribution in [0.1, 0.15) is 40.5 Å². The fourth-order valence-corrected chi connectivity index (χ4v) is 2.04. The number of nitrogens with zero attached hydrogens (tertiary/aromatic N) is 1. The number of hydrogen-bond acceptors (Lipinski definition) is 3. The topological polar surface area (TPSA) is 75.4 Å². The molecule has 0 spiro atoms. The van der Waals surface area contributed by atoms with Crippen molar-refractivity contribution in [1.29, 1.82) is 0 Å². The van der Waals surface area contributed by atoms with E-state index in [1.165, 1.54) is 0 Å². The first-order valence-electron chi connectivity index (χ1n) is 6.58. The molecule has 1 aliphatic heterocycles. The Morgan fingerprint density at radius 2 is 1.72 bits per heavy atom. The normalized spacial score (nSPS) is 19.5. The monoisotopic (exact) mass is 255 g/mol. The maximum Gasteiger partial charge on any atom is 0.245 e. The Hall–Kier alpha value is -1.10. The van der Waals surface area contributed by atoms with Gasteiger partial charge >= 0.3 is 0 Å². The lowest BCUT2D eigenvalue weighted by atomic mass is 9.85. The van der Waals surface area contributed by atoms with Crippen LogP contribution in [0.4, 0.5) is 0 Å². The summed E-state index contributed by atoms with van der Waals surface area (Å²) in [6, 6.07) is -1.10. The zero-order valence-corrected chi connectivity index (χ0v) is 11.8. The quantitative estimate of drug-likeness (QED) is 0.770. The number of carbonyl (C=O) groups is 2. The highest BCUT2D eigenvalue weighted by molar-refractivity contribution is 5.90. The standard InChI is InChI=1S/C13H25N3O2/c1-9(14)11(17)15-10(13(2,3)4)12(18)16-7-5-6-8-16/h9-10H,5-8,14H2,1-4H3,(H,15,17). The van der Waals surface area contributed by atoms with E-state index in [0.29, 0.717) is 0 Å². The average molecular weight is 255 g/mol. The summed E-state index contributed by atoms with van der Waals surface area (Å²) < 4.78 is 0. The van der Waals surface area contributed by atoms with E-state index in [4.69, 9.17) is 5.73 Å². The van der Waals surface area contributed by atoms with Crippen molar-refractivity contribution in [3.63, 3.8) is 0 Å². The summed E-state index contributed by atoms with van der Waals surface area (Å²) in [4.78, 5) is 26.0. The van der Waals surface area contributed by atoms with Gasteiger partial charge in [0.1, 0.15) is 6.04 Å². The van der Waals surface area contributed by atoms with Crippen molar-refractivity contribution in [2.75, 3.05) is 13.1 Å². The second kappa shape index (κ2) is 5.69. The Morgan fingerprint density at radius 1 is 1.22 bits per heavy atom. The SMILES string of the molecule is CC(N)C(=O)NC(C(=O)N1CCCC1)C(C)(C)C. The zero-order valence-electron chi connectivity index (χ0n) is 11.8. The van der Waals surface area contributed by atoms with E-state index < -0.39 is 12.1 Å². The fraction of sp³-hybridized carbons (Fsp3) is 0.846. The number of nitrogens with one attached hydrogen (secondary N) is 1. The van der Waals surface area contributed by atoms with Gasteiger partial charge in [-0.2, -0.15) is 0 Å². The molecule has 1 fully saturated rings. The Bertz CT molecular complexity index is 315. The number of carbonyl (C=O) groups excluding carboxylic acids is 2. The van der Waals surface area contributed by atoms with E-state index in [1.54, 1.807) is 6.92 Å². The van der Waals surface area contributed by atoms with Crippen LogP contribution in [0, 0.1) is 5.41 Å². The van der Waals surface area contributed by atoms with E-state index in [2.05, 4.69) is 5.32 Å². The Labute approximate surface area is 109 Å². The molecule has 1 heterocycles. The van der Waals surface area contributed by atoms with Crippen molar-refractivity contribution >= 4 is 11.8 Å². The highest BCUT2D eigenvalue weighted by Crippen LogP contribution is 2.23. The second-order valence-electron chi connectivity index (χ2n) is 6.13. The zero-order chi connectivity index (χ0) is 13.9. The minimum atomic E-state index is -0.596. The minimum Gasteiger partial charge on any atom is -0.342 e. The van der Waals surface area contributed by atoms with Crippen LogP contribution in [-0.4, -0.2) is 41.9 Å². The van der Waals surface area contributed by atoms with Crippen molar-refractivity contribution in [1.82, 2.24) is 10.2 Å². The van der Waals surface area contributed by atoms with Crippen molar-refractivity contribution in [3.8, 4) is 0 Å². The molecule has 104 valence electrons. The van der Waals surface area contributed by atoms with Crippen LogP contribution in [0.25, 0.3) is 0 Å². The van der Waals surface area contributed by atoms with Gasteiger partial charge in [0.25, 0.3) is 0 Å². The molecule has 2 unspecified atom stereocenters. The molecule has 0 aromatic carbocycles. The van der Waals surface area contributed by atoms with Crippen LogP contribution < -0.4 is 11.1 Å². The molecule has 0 bridgehead atoms. The van der Waals surface area contributed by atoms with Crippen LogP contribution in [-0.2, 0) is 9.59 Å². The van der Waals surface area contributed by atoms with Gasteiger partial charge in [0.2, 0.25) is 11.8 Å². The number of rotatable bonds is 3. The number of likely N-dealkylation sites (tertiary alicyclic amines) is 1. The van der Waals surface area contributed by atoms with Crippen molar-refractivity contribution in [3.05, 3.63) is 0 Å². The summed E-state index contributed by atoms with van der Waals surface area (Å²) in [5, 5.41) is 2.78.